The van der Waals surface area contributed by atoms with E-state index in [0.29, 0.717) is 6.54 Å². The molecule has 2 rings (SSSR count). The molecule has 0 saturated carbocycles. The molecule has 0 aliphatic heterocycles. The normalized spacial score (nSPS) is 10.6. The Morgan fingerprint density at radius 2 is 2.45 bits per heavy atom. The maximum absolute atomic E-state index is 5.47. The third-order valence-electron chi connectivity index (χ3n) is 1.61. The molecule has 2 aromatic rings. The van der Waals surface area contributed by atoms with Crippen LogP contribution in [0.1, 0.15) is 5.69 Å². The van der Waals surface area contributed by atoms with Gasteiger partial charge in [0.15, 0.2) is 0 Å². The van der Waals surface area contributed by atoms with Crippen LogP contribution in [0.15, 0.2) is 24.9 Å². The summed E-state index contributed by atoms with van der Waals surface area (Å²) in [7, 11) is 0. The maximum atomic E-state index is 5.47. The van der Waals surface area contributed by atoms with Crippen molar-refractivity contribution in [3.05, 3.63) is 30.6 Å². The molecule has 4 heteroatoms. The number of nitrogens with two attached hydrogens (primary N) is 1. The van der Waals surface area contributed by atoms with E-state index in [9.17, 15) is 0 Å². The van der Waals surface area contributed by atoms with Crippen LogP contribution in [0, 0.1) is 0 Å². The molecule has 0 amide bonds. The summed E-state index contributed by atoms with van der Waals surface area (Å²) < 4.78 is 1.90. The summed E-state index contributed by atoms with van der Waals surface area (Å²) >= 11 is 0. The maximum Gasteiger partial charge on any atom is 0.0993 e. The molecule has 2 aromatic heterocycles. The van der Waals surface area contributed by atoms with Gasteiger partial charge >= 0.3 is 0 Å². The molecule has 2 heterocycles. The molecule has 0 atom stereocenters. The van der Waals surface area contributed by atoms with Gasteiger partial charge in [-0.1, -0.05) is 0 Å². The van der Waals surface area contributed by atoms with Crippen LogP contribution in [-0.2, 0) is 6.54 Å². The molecule has 56 valence electrons. The van der Waals surface area contributed by atoms with Gasteiger partial charge in [0.2, 0.25) is 0 Å². The van der Waals surface area contributed by atoms with Crippen LogP contribution >= 0.6 is 0 Å². The number of nitrogens with zero attached hydrogens (tertiary/aromatic N) is 3. The number of rotatable bonds is 1. The quantitative estimate of drug-likeness (QED) is 0.628. The van der Waals surface area contributed by atoms with Gasteiger partial charge in [-0.25, -0.2) is 4.98 Å². The van der Waals surface area contributed by atoms with Gasteiger partial charge in [0.05, 0.1) is 23.7 Å². The monoisotopic (exact) mass is 148 g/mol. The van der Waals surface area contributed by atoms with Crippen molar-refractivity contribution in [2.24, 2.45) is 5.73 Å². The third-order valence-corrected chi connectivity index (χ3v) is 1.61. The lowest BCUT2D eigenvalue weighted by molar-refractivity contribution is 0.970. The van der Waals surface area contributed by atoms with E-state index in [2.05, 4.69) is 9.97 Å². The van der Waals surface area contributed by atoms with Crippen LogP contribution in [0.2, 0.25) is 0 Å². The predicted octanol–water partition coefficient (Wildman–Crippen LogP) is 0.188. The highest BCUT2D eigenvalue weighted by Crippen LogP contribution is 2.04. The van der Waals surface area contributed by atoms with Gasteiger partial charge in [-0.2, -0.15) is 0 Å². The topological polar surface area (TPSA) is 56.2 Å². The van der Waals surface area contributed by atoms with Crippen molar-refractivity contribution in [2.75, 3.05) is 0 Å². The van der Waals surface area contributed by atoms with E-state index in [4.69, 9.17) is 5.73 Å². The van der Waals surface area contributed by atoms with Gasteiger partial charge in [-0.05, 0) is 0 Å². The summed E-state index contributed by atoms with van der Waals surface area (Å²) in [4.78, 5) is 8.09. The highest BCUT2D eigenvalue weighted by atomic mass is 15.0. The van der Waals surface area contributed by atoms with Gasteiger partial charge in [0.25, 0.3) is 0 Å². The Kier molecular flexibility index (Phi) is 1.33. The van der Waals surface area contributed by atoms with Crippen LogP contribution in [0.5, 0.6) is 0 Å². The lowest BCUT2D eigenvalue weighted by Gasteiger charge is -1.97. The SMILES string of the molecule is NCc1nccn2cncc12. The van der Waals surface area contributed by atoms with Gasteiger partial charge in [0, 0.05) is 18.9 Å². The Hall–Kier alpha value is -1.42. The molecule has 11 heavy (non-hydrogen) atoms. The van der Waals surface area contributed by atoms with Crippen LogP contribution in [-0.4, -0.2) is 14.4 Å². The van der Waals surface area contributed by atoms with E-state index in [0.717, 1.165) is 11.2 Å². The average Bonchev–Trinajstić information content (AvgIpc) is 2.50. The lowest BCUT2D eigenvalue weighted by atomic mass is 10.4. The molecule has 0 aliphatic rings. The largest absolute Gasteiger partial charge is 0.325 e. The molecule has 0 bridgehead atoms. The average molecular weight is 148 g/mol. The third kappa shape index (κ3) is 0.877. The first-order valence-electron chi connectivity index (χ1n) is 3.37. The standard InChI is InChI=1S/C7H8N4/c8-3-6-7-4-9-5-11(7)2-1-10-6/h1-2,4-5H,3,8H2. The molecular formula is C7H8N4. The van der Waals surface area contributed by atoms with Gasteiger partial charge in [0.1, 0.15) is 0 Å². The molecular weight excluding hydrogens is 140 g/mol. The molecule has 0 aliphatic carbocycles. The Labute approximate surface area is 63.7 Å². The van der Waals surface area contributed by atoms with Crippen molar-refractivity contribution in [2.45, 2.75) is 6.54 Å². The molecule has 4 nitrogen and oxygen atoms in total. The van der Waals surface area contributed by atoms with E-state index in [1.54, 1.807) is 18.7 Å². The first-order chi connectivity index (χ1) is 5.42. The van der Waals surface area contributed by atoms with E-state index < -0.39 is 0 Å². The number of aromatic nitrogens is 3. The van der Waals surface area contributed by atoms with Crippen LogP contribution in [0.25, 0.3) is 5.52 Å². The highest BCUT2D eigenvalue weighted by Gasteiger charge is 1.98. The smallest absolute Gasteiger partial charge is 0.0993 e. The fourth-order valence-corrected chi connectivity index (χ4v) is 1.07. The van der Waals surface area contributed by atoms with Gasteiger partial charge < -0.3 is 10.1 Å². The van der Waals surface area contributed by atoms with Crippen molar-refractivity contribution in [3.63, 3.8) is 0 Å². The van der Waals surface area contributed by atoms with Crippen LogP contribution < -0.4 is 5.73 Å². The molecule has 0 saturated heterocycles. The van der Waals surface area contributed by atoms with Crippen molar-refractivity contribution in [1.82, 2.24) is 14.4 Å². The second-order valence-electron chi connectivity index (χ2n) is 2.26. The Morgan fingerprint density at radius 3 is 3.27 bits per heavy atom. The second-order valence-corrected chi connectivity index (χ2v) is 2.26. The van der Waals surface area contributed by atoms with E-state index >= 15 is 0 Å². The summed E-state index contributed by atoms with van der Waals surface area (Å²) in [5.74, 6) is 0. The Morgan fingerprint density at radius 1 is 1.55 bits per heavy atom. The van der Waals surface area contributed by atoms with E-state index in [1.807, 2.05) is 10.6 Å². The molecule has 0 spiro atoms. The summed E-state index contributed by atoms with van der Waals surface area (Å²) in [5, 5.41) is 0. The summed E-state index contributed by atoms with van der Waals surface area (Å²) in [6, 6.07) is 0. The second kappa shape index (κ2) is 2.32. The fraction of sp³-hybridized carbons (Fsp3) is 0.143. The zero-order chi connectivity index (χ0) is 7.68. The molecule has 0 unspecified atom stereocenters. The summed E-state index contributed by atoms with van der Waals surface area (Å²) in [6.45, 7) is 0.454. The Bertz CT molecular complexity index is 365. The van der Waals surface area contributed by atoms with E-state index in [1.165, 1.54) is 0 Å². The minimum atomic E-state index is 0.454. The summed E-state index contributed by atoms with van der Waals surface area (Å²) in [5.41, 5.74) is 7.33. The number of imidazole rings is 1. The predicted molar refractivity (Wildman–Crippen MR) is 40.9 cm³/mol. The van der Waals surface area contributed by atoms with Crippen molar-refractivity contribution < 1.29 is 0 Å². The van der Waals surface area contributed by atoms with Crippen molar-refractivity contribution >= 4 is 5.52 Å². The minimum absolute atomic E-state index is 0.454. The number of hydrogen-bond donors (Lipinski definition) is 1. The van der Waals surface area contributed by atoms with Crippen molar-refractivity contribution in [3.8, 4) is 0 Å². The zero-order valence-corrected chi connectivity index (χ0v) is 5.94. The van der Waals surface area contributed by atoms with Crippen molar-refractivity contribution in [1.29, 1.82) is 0 Å². The molecule has 0 aromatic carbocycles. The Balaban J connectivity index is 2.79. The number of fused-ring (bicyclic) bond motifs is 1. The van der Waals surface area contributed by atoms with Crippen LogP contribution in [0.4, 0.5) is 0 Å². The molecule has 2 N–H and O–H groups in total. The summed E-state index contributed by atoms with van der Waals surface area (Å²) in [6.07, 6.45) is 7.06. The lowest BCUT2D eigenvalue weighted by Crippen LogP contribution is -2.01. The fourth-order valence-electron chi connectivity index (χ4n) is 1.07. The molecule has 0 fully saturated rings. The molecule has 0 radical (unpaired) electrons. The van der Waals surface area contributed by atoms with Gasteiger partial charge in [-0.15, -0.1) is 0 Å². The number of hydrogen-bond acceptors (Lipinski definition) is 3. The van der Waals surface area contributed by atoms with Gasteiger partial charge in [-0.3, -0.25) is 4.98 Å². The van der Waals surface area contributed by atoms with E-state index in [-0.39, 0.29) is 0 Å². The van der Waals surface area contributed by atoms with Crippen LogP contribution in [0.3, 0.4) is 0 Å². The highest BCUT2D eigenvalue weighted by molar-refractivity contribution is 5.49. The first kappa shape index (κ1) is 6.30. The first-order valence-corrected chi connectivity index (χ1v) is 3.37. The zero-order valence-electron chi connectivity index (χ0n) is 5.94. The minimum Gasteiger partial charge on any atom is -0.325 e.